The molecule has 0 saturated carbocycles. The number of rotatable bonds is 5. The van der Waals surface area contributed by atoms with Crippen LogP contribution in [0.15, 0.2) is 30.3 Å². The minimum absolute atomic E-state index is 0. The van der Waals surface area contributed by atoms with Gasteiger partial charge in [-0.05, 0) is 5.56 Å². The van der Waals surface area contributed by atoms with E-state index in [0.717, 1.165) is 0 Å². The molecular formula is C22H36N2Na2O8. The Hall–Kier alpha value is -0.0800. The Kier molecular flexibility index (Phi) is 20.0. The van der Waals surface area contributed by atoms with Gasteiger partial charge in [0.15, 0.2) is 0 Å². The zero-order valence-corrected chi connectivity index (χ0v) is 18.4. The van der Waals surface area contributed by atoms with Crippen molar-refractivity contribution in [2.24, 2.45) is 0 Å². The van der Waals surface area contributed by atoms with Gasteiger partial charge in [0, 0.05) is 32.6 Å². The van der Waals surface area contributed by atoms with E-state index in [1.165, 1.54) is 4.90 Å². The number of nitrogens with one attached hydrogen (secondary N) is 1. The summed E-state index contributed by atoms with van der Waals surface area (Å²) in [6, 6.07) is 8.75. The quantitative estimate of drug-likeness (QED) is 0.334. The second-order valence-electron chi connectivity index (χ2n) is 7.32. The van der Waals surface area contributed by atoms with Crippen LogP contribution in [0.2, 0.25) is 0 Å². The summed E-state index contributed by atoms with van der Waals surface area (Å²) in [5, 5.41) is 23.3. The topological polar surface area (TPSA) is 127 Å². The molecule has 0 amide bonds. The van der Waals surface area contributed by atoms with Crippen LogP contribution in [-0.4, -0.2) is 171 Å². The van der Waals surface area contributed by atoms with E-state index in [2.05, 4.69) is 5.32 Å². The molecule has 184 valence electrons. The Labute approximate surface area is 245 Å². The van der Waals surface area contributed by atoms with Gasteiger partial charge in [0.25, 0.3) is 0 Å². The van der Waals surface area contributed by atoms with Crippen LogP contribution in [-0.2, 0) is 35.0 Å². The monoisotopic (exact) mass is 502 g/mol. The van der Waals surface area contributed by atoms with Gasteiger partial charge in [-0.2, -0.15) is 0 Å². The summed E-state index contributed by atoms with van der Waals surface area (Å²) in [5.74, 6) is -2.84. The summed E-state index contributed by atoms with van der Waals surface area (Å²) in [5.41, 5.74) is -1.53. The zero-order chi connectivity index (χ0) is 23.1. The number of aliphatic carboxylic acids is 2. The fourth-order valence-electron chi connectivity index (χ4n) is 3.42. The molecular weight excluding hydrogens is 466 g/mol. The molecule has 1 aromatic rings. The molecule has 10 nitrogen and oxygen atoms in total. The number of nitrogens with zero attached hydrogens (tertiary/aromatic N) is 1. The van der Waals surface area contributed by atoms with Gasteiger partial charge in [-0.3, -0.25) is 4.90 Å². The van der Waals surface area contributed by atoms with Crippen molar-refractivity contribution in [1.29, 1.82) is 0 Å². The molecule has 0 unspecified atom stereocenters. The summed E-state index contributed by atoms with van der Waals surface area (Å²) in [6.07, 6.45) is -0.183. The van der Waals surface area contributed by atoms with Crippen LogP contribution in [0.5, 0.6) is 0 Å². The molecule has 2 rings (SSSR count). The van der Waals surface area contributed by atoms with E-state index in [-0.39, 0.29) is 91.8 Å². The van der Waals surface area contributed by atoms with E-state index < -0.39 is 17.5 Å². The summed E-state index contributed by atoms with van der Waals surface area (Å²) < 4.78 is 22.1. The van der Waals surface area contributed by atoms with Gasteiger partial charge in [-0.25, -0.2) is 9.59 Å². The summed E-state index contributed by atoms with van der Waals surface area (Å²) in [6.45, 7) is 4.51. The summed E-state index contributed by atoms with van der Waals surface area (Å²) in [7, 11) is 0. The maximum absolute atomic E-state index is 12.3. The molecule has 1 heterocycles. The molecule has 0 radical (unpaired) electrons. The van der Waals surface area contributed by atoms with Crippen LogP contribution in [0.25, 0.3) is 0 Å². The number of carboxylic acids is 2. The SMILES string of the molecule is O=C(O)C(Cc1ccccc1)(C(=O)O)N1CCOCCOCCNCCOCCOCC1.[NaH].[NaH]. The van der Waals surface area contributed by atoms with Crippen LogP contribution in [0.3, 0.4) is 0 Å². The van der Waals surface area contributed by atoms with Crippen molar-refractivity contribution < 1.29 is 38.7 Å². The first-order valence-corrected chi connectivity index (χ1v) is 10.8. The van der Waals surface area contributed by atoms with E-state index in [9.17, 15) is 19.8 Å². The number of carbonyl (C=O) groups is 2. The third-order valence-corrected chi connectivity index (χ3v) is 5.15. The Morgan fingerprint density at radius 3 is 1.65 bits per heavy atom. The van der Waals surface area contributed by atoms with Crippen molar-refractivity contribution >= 4 is 71.1 Å². The van der Waals surface area contributed by atoms with Crippen molar-refractivity contribution in [3.8, 4) is 0 Å². The first-order chi connectivity index (χ1) is 15.6. The molecule has 12 heteroatoms. The Morgan fingerprint density at radius 1 is 0.765 bits per heavy atom. The molecule has 0 aromatic heterocycles. The summed E-state index contributed by atoms with van der Waals surface area (Å²) >= 11 is 0. The molecule has 0 spiro atoms. The fraction of sp³-hybridized carbons (Fsp3) is 0.636. The second-order valence-corrected chi connectivity index (χ2v) is 7.32. The number of hydrogen-bond acceptors (Lipinski definition) is 8. The molecule has 1 aliphatic heterocycles. The minimum atomic E-state index is -2.15. The maximum atomic E-state index is 12.3. The Bertz CT molecular complexity index is 652. The van der Waals surface area contributed by atoms with Crippen molar-refractivity contribution in [3.63, 3.8) is 0 Å². The summed E-state index contributed by atoms with van der Waals surface area (Å²) in [4.78, 5) is 26.1. The van der Waals surface area contributed by atoms with Crippen molar-refractivity contribution in [2.75, 3.05) is 79.0 Å². The van der Waals surface area contributed by atoms with Gasteiger partial charge in [-0.1, -0.05) is 30.3 Å². The van der Waals surface area contributed by atoms with Crippen molar-refractivity contribution in [2.45, 2.75) is 12.0 Å². The first-order valence-electron chi connectivity index (χ1n) is 10.8. The average molecular weight is 503 g/mol. The van der Waals surface area contributed by atoms with Crippen LogP contribution in [0, 0.1) is 0 Å². The van der Waals surface area contributed by atoms with Gasteiger partial charge in [-0.15, -0.1) is 0 Å². The molecule has 1 aromatic carbocycles. The number of hydrogen-bond donors (Lipinski definition) is 3. The fourth-order valence-corrected chi connectivity index (χ4v) is 3.42. The predicted molar refractivity (Wildman–Crippen MR) is 130 cm³/mol. The van der Waals surface area contributed by atoms with E-state index in [1.807, 2.05) is 0 Å². The third-order valence-electron chi connectivity index (χ3n) is 5.15. The molecule has 1 saturated heterocycles. The predicted octanol–water partition coefficient (Wildman–Crippen LogP) is -1.19. The van der Waals surface area contributed by atoms with Crippen LogP contribution < -0.4 is 5.32 Å². The number of ether oxygens (including phenoxy) is 4. The van der Waals surface area contributed by atoms with Gasteiger partial charge in [0.1, 0.15) is 0 Å². The average Bonchev–Trinajstić information content (AvgIpc) is 2.78. The normalized spacial score (nSPS) is 18.4. The van der Waals surface area contributed by atoms with Gasteiger partial charge in [0.05, 0.1) is 52.9 Å². The van der Waals surface area contributed by atoms with E-state index in [0.29, 0.717) is 58.3 Å². The van der Waals surface area contributed by atoms with Crippen molar-refractivity contribution in [1.82, 2.24) is 10.2 Å². The van der Waals surface area contributed by atoms with E-state index in [4.69, 9.17) is 18.9 Å². The number of carboxylic acid groups (broad SMARTS) is 2. The van der Waals surface area contributed by atoms with Gasteiger partial charge >= 0.3 is 71.1 Å². The van der Waals surface area contributed by atoms with Crippen LogP contribution >= 0.6 is 0 Å². The zero-order valence-electron chi connectivity index (χ0n) is 18.4. The second kappa shape index (κ2) is 20.0. The van der Waals surface area contributed by atoms with E-state index >= 15 is 0 Å². The molecule has 3 N–H and O–H groups in total. The standard InChI is InChI=1S/C22H34N2O8.2Na.2H/c25-20(26)22(21(27)28,18-19-4-2-1-3-5-19)24-8-12-31-16-14-29-10-6-23-7-11-30-15-17-32-13-9-24;;;;/h1-5,23H,6-18H2,(H,25,26)(H,27,28);;;;. The van der Waals surface area contributed by atoms with Crippen LogP contribution in [0.1, 0.15) is 5.56 Å². The molecule has 34 heavy (non-hydrogen) atoms. The molecule has 0 atom stereocenters. The van der Waals surface area contributed by atoms with Crippen molar-refractivity contribution in [3.05, 3.63) is 35.9 Å². The Morgan fingerprint density at radius 2 is 1.21 bits per heavy atom. The van der Waals surface area contributed by atoms with E-state index in [1.54, 1.807) is 30.3 Å². The third kappa shape index (κ3) is 11.8. The molecule has 1 aliphatic rings. The molecule has 0 bridgehead atoms. The Balaban J connectivity index is 0.00000544. The molecule has 0 aliphatic carbocycles. The van der Waals surface area contributed by atoms with Gasteiger partial charge in [0.2, 0.25) is 5.54 Å². The molecule has 1 fully saturated rings. The number of benzene rings is 1. The van der Waals surface area contributed by atoms with Gasteiger partial charge < -0.3 is 34.5 Å². The van der Waals surface area contributed by atoms with Crippen LogP contribution in [0.4, 0.5) is 0 Å². The first kappa shape index (κ1) is 33.9.